The van der Waals surface area contributed by atoms with Gasteiger partial charge in [0.15, 0.2) is 0 Å². The van der Waals surface area contributed by atoms with Crippen molar-refractivity contribution in [3.63, 3.8) is 0 Å². The Bertz CT molecular complexity index is 191. The molecule has 0 unspecified atom stereocenters. The molecule has 0 aromatic carbocycles. The molecule has 0 bridgehead atoms. The van der Waals surface area contributed by atoms with Crippen molar-refractivity contribution in [2.24, 2.45) is 0 Å². The fraction of sp³-hybridized carbons (Fsp3) is 0.625. The third-order valence-corrected chi connectivity index (χ3v) is 1.44. The van der Waals surface area contributed by atoms with Crippen molar-refractivity contribution in [3.05, 3.63) is 18.0 Å². The van der Waals surface area contributed by atoms with Gasteiger partial charge in [0, 0.05) is 12.7 Å². The Morgan fingerprint density at radius 3 is 3.00 bits per heavy atom. The van der Waals surface area contributed by atoms with Gasteiger partial charge < -0.3 is 0 Å². The second-order valence-corrected chi connectivity index (χ2v) is 2.54. The van der Waals surface area contributed by atoms with Crippen LogP contribution >= 0.6 is 0 Å². The van der Waals surface area contributed by atoms with Crippen LogP contribution in [0.2, 0.25) is 0 Å². The summed E-state index contributed by atoms with van der Waals surface area (Å²) in [6.45, 7) is 5.22. The van der Waals surface area contributed by atoms with Gasteiger partial charge in [-0.3, -0.25) is 4.68 Å². The zero-order valence-corrected chi connectivity index (χ0v) is 6.59. The van der Waals surface area contributed by atoms with Crippen molar-refractivity contribution >= 4 is 0 Å². The van der Waals surface area contributed by atoms with E-state index < -0.39 is 0 Å². The number of aromatic nitrogens is 2. The minimum absolute atomic E-state index is 1.03. The predicted octanol–water partition coefficient (Wildman–Crippen LogP) is 1.79. The molecule has 0 atom stereocenters. The normalized spacial score (nSPS) is 10.2. The van der Waals surface area contributed by atoms with Gasteiger partial charge in [-0.1, -0.05) is 13.3 Å². The number of aryl methyl sites for hydroxylation is 2. The van der Waals surface area contributed by atoms with Crippen LogP contribution in [0.1, 0.15) is 25.3 Å². The van der Waals surface area contributed by atoms with Gasteiger partial charge in [-0.2, -0.15) is 5.10 Å². The Morgan fingerprint density at radius 2 is 2.50 bits per heavy atom. The van der Waals surface area contributed by atoms with Crippen molar-refractivity contribution in [2.75, 3.05) is 0 Å². The molecule has 10 heavy (non-hydrogen) atoms. The van der Waals surface area contributed by atoms with Crippen LogP contribution in [0.3, 0.4) is 0 Å². The van der Waals surface area contributed by atoms with E-state index >= 15 is 0 Å². The number of hydrogen-bond acceptors (Lipinski definition) is 1. The highest BCUT2D eigenvalue weighted by molar-refractivity contribution is 4.97. The van der Waals surface area contributed by atoms with Crippen LogP contribution in [0.4, 0.5) is 0 Å². The van der Waals surface area contributed by atoms with Crippen molar-refractivity contribution in [3.8, 4) is 0 Å². The number of unbranched alkanes of at least 4 members (excludes halogenated alkanes) is 1. The van der Waals surface area contributed by atoms with Crippen LogP contribution in [0, 0.1) is 13.1 Å². The van der Waals surface area contributed by atoms with Gasteiger partial charge in [0.05, 0.1) is 0 Å². The van der Waals surface area contributed by atoms with Crippen LogP contribution in [0.5, 0.6) is 0 Å². The summed E-state index contributed by atoms with van der Waals surface area (Å²) < 4.78 is 1.94. The third kappa shape index (κ3) is 1.87. The second kappa shape index (κ2) is 3.40. The molecule has 0 amide bonds. The lowest BCUT2D eigenvalue weighted by atomic mass is 10.3. The second-order valence-electron chi connectivity index (χ2n) is 2.54. The summed E-state index contributed by atoms with van der Waals surface area (Å²) in [7, 11) is 0. The van der Waals surface area contributed by atoms with E-state index in [1.54, 1.807) is 0 Å². The molecule has 1 radical (unpaired) electrons. The highest BCUT2D eigenvalue weighted by Crippen LogP contribution is 1.96. The van der Waals surface area contributed by atoms with E-state index in [4.69, 9.17) is 0 Å². The van der Waals surface area contributed by atoms with Gasteiger partial charge in [0.1, 0.15) is 6.20 Å². The standard InChI is InChI=1S/C8H13N2/c1-3-4-5-10-7-8(2)6-9-10/h7H,3-5H2,1-2H3. The number of hydrogen-bond donors (Lipinski definition) is 0. The van der Waals surface area contributed by atoms with Crippen molar-refractivity contribution in [1.29, 1.82) is 0 Å². The third-order valence-electron chi connectivity index (χ3n) is 1.44. The number of nitrogens with zero attached hydrogens (tertiary/aromatic N) is 2. The Labute approximate surface area is 61.9 Å². The molecule has 1 heterocycles. The van der Waals surface area contributed by atoms with Gasteiger partial charge in [-0.05, 0) is 18.9 Å². The van der Waals surface area contributed by atoms with Crippen LogP contribution in [0.15, 0.2) is 6.20 Å². The molecular formula is C8H13N2. The molecule has 1 aromatic rings. The van der Waals surface area contributed by atoms with E-state index in [0.29, 0.717) is 0 Å². The Balaban J connectivity index is 2.42. The highest BCUT2D eigenvalue weighted by Gasteiger charge is 1.91. The maximum Gasteiger partial charge on any atom is 0.116 e. The minimum Gasteiger partial charge on any atom is -0.272 e. The lowest BCUT2D eigenvalue weighted by molar-refractivity contribution is 0.571. The molecule has 0 saturated carbocycles. The fourth-order valence-electron chi connectivity index (χ4n) is 0.859. The summed E-state index contributed by atoms with van der Waals surface area (Å²) in [6.07, 6.45) is 7.34. The minimum atomic E-state index is 1.03. The SMILES string of the molecule is CCCCn1cc(C)[c]n1. The molecule has 0 aliphatic rings. The molecule has 0 spiro atoms. The van der Waals surface area contributed by atoms with Crippen molar-refractivity contribution < 1.29 is 0 Å². The number of rotatable bonds is 3. The molecule has 1 aromatic heterocycles. The lowest BCUT2D eigenvalue weighted by Gasteiger charge is -1.96. The molecule has 0 aliphatic heterocycles. The van der Waals surface area contributed by atoms with E-state index in [2.05, 4.69) is 18.2 Å². The summed E-state index contributed by atoms with van der Waals surface area (Å²) >= 11 is 0. The Morgan fingerprint density at radius 1 is 1.70 bits per heavy atom. The van der Waals surface area contributed by atoms with Gasteiger partial charge in [0.2, 0.25) is 0 Å². The van der Waals surface area contributed by atoms with Gasteiger partial charge >= 0.3 is 0 Å². The average molecular weight is 137 g/mol. The van der Waals surface area contributed by atoms with E-state index in [1.807, 2.05) is 17.8 Å². The first-order valence-corrected chi connectivity index (χ1v) is 3.74. The van der Waals surface area contributed by atoms with E-state index in [0.717, 1.165) is 12.1 Å². The van der Waals surface area contributed by atoms with Crippen molar-refractivity contribution in [1.82, 2.24) is 9.78 Å². The lowest BCUT2D eigenvalue weighted by Crippen LogP contribution is -1.96. The van der Waals surface area contributed by atoms with Gasteiger partial charge in [0.25, 0.3) is 0 Å². The molecule has 0 fully saturated rings. The van der Waals surface area contributed by atoms with Crippen LogP contribution in [0.25, 0.3) is 0 Å². The van der Waals surface area contributed by atoms with E-state index in [-0.39, 0.29) is 0 Å². The first-order chi connectivity index (χ1) is 4.83. The zero-order chi connectivity index (χ0) is 7.40. The molecule has 0 saturated heterocycles. The summed E-state index contributed by atoms with van der Waals surface area (Å²) in [5, 5.41) is 4.04. The highest BCUT2D eigenvalue weighted by atomic mass is 15.3. The first-order valence-electron chi connectivity index (χ1n) is 3.74. The molecule has 2 heteroatoms. The molecule has 0 N–H and O–H groups in total. The zero-order valence-electron chi connectivity index (χ0n) is 6.59. The summed E-state index contributed by atoms with van der Waals surface area (Å²) in [6, 6.07) is 0. The summed E-state index contributed by atoms with van der Waals surface area (Å²) in [4.78, 5) is 0. The molecule has 2 nitrogen and oxygen atoms in total. The fourth-order valence-corrected chi connectivity index (χ4v) is 0.859. The summed E-state index contributed by atoms with van der Waals surface area (Å²) in [5.41, 5.74) is 1.12. The maximum absolute atomic E-state index is 4.04. The maximum atomic E-state index is 4.04. The van der Waals surface area contributed by atoms with E-state index in [1.165, 1.54) is 12.8 Å². The van der Waals surface area contributed by atoms with E-state index in [9.17, 15) is 0 Å². The topological polar surface area (TPSA) is 17.8 Å². The largest absolute Gasteiger partial charge is 0.272 e. The molecule has 0 aliphatic carbocycles. The van der Waals surface area contributed by atoms with Crippen LogP contribution in [-0.4, -0.2) is 9.78 Å². The average Bonchev–Trinajstić information content (AvgIpc) is 2.31. The smallest absolute Gasteiger partial charge is 0.116 e. The first kappa shape index (κ1) is 7.32. The molecule has 1 rings (SSSR count). The van der Waals surface area contributed by atoms with Crippen molar-refractivity contribution in [2.45, 2.75) is 33.2 Å². The monoisotopic (exact) mass is 137 g/mol. The predicted molar refractivity (Wildman–Crippen MR) is 40.7 cm³/mol. The quantitative estimate of drug-likeness (QED) is 0.621. The van der Waals surface area contributed by atoms with Crippen LogP contribution < -0.4 is 0 Å². The van der Waals surface area contributed by atoms with Gasteiger partial charge in [-0.15, -0.1) is 0 Å². The Kier molecular flexibility index (Phi) is 2.49. The molecule has 55 valence electrons. The van der Waals surface area contributed by atoms with Crippen LogP contribution in [-0.2, 0) is 6.54 Å². The molecular weight excluding hydrogens is 124 g/mol. The summed E-state index contributed by atoms with van der Waals surface area (Å²) in [5.74, 6) is 0. The Hall–Kier alpha value is -0.790. The van der Waals surface area contributed by atoms with Gasteiger partial charge in [-0.25, -0.2) is 0 Å².